The molecule has 0 aromatic carbocycles. The van der Waals surface area contributed by atoms with Crippen LogP contribution in [0.4, 0.5) is 35.5 Å². The van der Waals surface area contributed by atoms with E-state index in [1.165, 1.54) is 11.6 Å². The summed E-state index contributed by atoms with van der Waals surface area (Å²) >= 11 is 0.549. The molecule has 0 radical (unpaired) electrons. The lowest BCUT2D eigenvalue weighted by atomic mass is 10.2. The second kappa shape index (κ2) is 5.20. The Morgan fingerprint density at radius 2 is 1.56 bits per heavy atom. The second-order valence-corrected chi connectivity index (χ2v) is 3.58. The lowest BCUT2D eigenvalue weighted by Gasteiger charge is -2.28. The van der Waals surface area contributed by atoms with Crippen molar-refractivity contribution in [2.45, 2.75) is 18.1 Å². The summed E-state index contributed by atoms with van der Waals surface area (Å²) in [7, 11) is 0. The molecule has 18 heavy (non-hydrogen) atoms. The molecule has 0 atom stereocenters. The first-order valence-electron chi connectivity index (χ1n) is 3.89. The van der Waals surface area contributed by atoms with Crippen LogP contribution in [0.5, 0.6) is 0 Å². The number of carbonyl (C=O) groups excluding carboxylic acids is 1. The average Bonchev–Trinajstić information content (AvgIpc) is 2.14. The van der Waals surface area contributed by atoms with Crippen LogP contribution in [0.3, 0.4) is 0 Å². The van der Waals surface area contributed by atoms with Crippen LogP contribution in [0.1, 0.15) is 0 Å². The van der Waals surface area contributed by atoms with Crippen LogP contribution in [0.2, 0.25) is 0 Å². The van der Waals surface area contributed by atoms with Gasteiger partial charge in [0.05, 0.1) is 0 Å². The number of rotatable bonds is 2. The van der Waals surface area contributed by atoms with Crippen LogP contribution in [-0.4, -0.2) is 35.6 Å². The normalized spacial score (nSPS) is 13.1. The molecular formula is C6H6F7N3OS. The summed E-state index contributed by atoms with van der Waals surface area (Å²) in [6.07, 6.45) is -5.29. The number of thioether (sulfide) groups is 1. The van der Waals surface area contributed by atoms with Gasteiger partial charge in [0.25, 0.3) is 0 Å². The highest BCUT2D eigenvalue weighted by Gasteiger charge is 2.74. The van der Waals surface area contributed by atoms with Crippen molar-refractivity contribution in [2.24, 2.45) is 0 Å². The van der Waals surface area contributed by atoms with Gasteiger partial charge in [0.15, 0.2) is 5.17 Å². The van der Waals surface area contributed by atoms with Crippen molar-refractivity contribution in [3.8, 4) is 0 Å². The summed E-state index contributed by atoms with van der Waals surface area (Å²) in [6, 6.07) is -7.89. The van der Waals surface area contributed by atoms with Crippen molar-refractivity contribution >= 4 is 23.0 Å². The first kappa shape index (κ1) is 16.8. The molecule has 0 saturated carbocycles. The van der Waals surface area contributed by atoms with Gasteiger partial charge in [0, 0.05) is 0 Å². The molecule has 0 spiro atoms. The number of nitrogens with one attached hydrogen (secondary N) is 3. The van der Waals surface area contributed by atoms with Crippen molar-refractivity contribution in [1.82, 2.24) is 10.6 Å². The van der Waals surface area contributed by atoms with E-state index >= 15 is 0 Å². The largest absolute Gasteiger partial charge is 0.462 e. The van der Waals surface area contributed by atoms with Crippen LogP contribution in [-0.2, 0) is 0 Å². The van der Waals surface area contributed by atoms with E-state index in [1.54, 1.807) is 0 Å². The van der Waals surface area contributed by atoms with Crippen molar-refractivity contribution in [3.05, 3.63) is 0 Å². The standard InChI is InChI=1S/C6H6F7N3OS/c1-18-2(14)15-3(17)16-6(12,13)4(7,8)5(9,10)11/h1H3,(H3,14,15,16,17). The first-order valence-corrected chi connectivity index (χ1v) is 5.11. The third-order valence-corrected chi connectivity index (χ3v) is 1.96. The third-order valence-electron chi connectivity index (χ3n) is 1.45. The summed E-state index contributed by atoms with van der Waals surface area (Å²) < 4.78 is 84.8. The highest BCUT2D eigenvalue weighted by Crippen LogP contribution is 2.44. The lowest BCUT2D eigenvalue weighted by molar-refractivity contribution is -0.358. The smallest absolute Gasteiger partial charge is 0.287 e. The van der Waals surface area contributed by atoms with Gasteiger partial charge >= 0.3 is 24.2 Å². The van der Waals surface area contributed by atoms with Gasteiger partial charge in [-0.15, -0.1) is 0 Å². The Hall–Kier alpha value is -1.20. The minimum atomic E-state index is -6.53. The van der Waals surface area contributed by atoms with Gasteiger partial charge in [-0.05, 0) is 6.26 Å². The lowest BCUT2D eigenvalue weighted by Crippen LogP contribution is -2.62. The van der Waals surface area contributed by atoms with Gasteiger partial charge in [-0.1, -0.05) is 11.8 Å². The zero-order chi connectivity index (χ0) is 14.8. The zero-order valence-electron chi connectivity index (χ0n) is 8.46. The van der Waals surface area contributed by atoms with E-state index in [0.717, 1.165) is 0 Å². The van der Waals surface area contributed by atoms with Crippen molar-refractivity contribution in [3.63, 3.8) is 0 Å². The van der Waals surface area contributed by atoms with Gasteiger partial charge in [-0.2, -0.15) is 30.7 Å². The summed E-state index contributed by atoms with van der Waals surface area (Å²) in [6.45, 7) is 0. The maximum absolute atomic E-state index is 12.6. The first-order chi connectivity index (χ1) is 7.85. The number of amides is 2. The van der Waals surface area contributed by atoms with Gasteiger partial charge in [0.2, 0.25) is 0 Å². The summed E-state index contributed by atoms with van der Waals surface area (Å²) in [5.74, 6) is -6.43. The fourth-order valence-electron chi connectivity index (χ4n) is 0.584. The topological polar surface area (TPSA) is 65.0 Å². The summed E-state index contributed by atoms with van der Waals surface area (Å²) in [4.78, 5) is 10.6. The minimum Gasteiger partial charge on any atom is -0.287 e. The molecule has 0 aromatic heterocycles. The molecule has 0 bridgehead atoms. The van der Waals surface area contributed by atoms with E-state index < -0.39 is 29.3 Å². The number of hydrogen-bond acceptors (Lipinski definition) is 3. The summed E-state index contributed by atoms with van der Waals surface area (Å²) in [5.41, 5.74) is 0. The Kier molecular flexibility index (Phi) is 4.85. The molecule has 0 aliphatic heterocycles. The van der Waals surface area contributed by atoms with Crippen LogP contribution < -0.4 is 10.6 Å². The molecule has 0 aromatic rings. The molecule has 12 heteroatoms. The molecular weight excluding hydrogens is 295 g/mol. The van der Waals surface area contributed by atoms with E-state index in [4.69, 9.17) is 5.41 Å². The second-order valence-electron chi connectivity index (χ2n) is 2.76. The van der Waals surface area contributed by atoms with Crippen LogP contribution in [0.15, 0.2) is 0 Å². The number of halogens is 7. The van der Waals surface area contributed by atoms with E-state index in [1.807, 2.05) is 0 Å². The molecule has 0 aliphatic carbocycles. The van der Waals surface area contributed by atoms with Crippen LogP contribution >= 0.6 is 11.8 Å². The predicted molar refractivity (Wildman–Crippen MR) is 48.9 cm³/mol. The zero-order valence-corrected chi connectivity index (χ0v) is 9.28. The number of hydrogen-bond donors (Lipinski definition) is 3. The van der Waals surface area contributed by atoms with Crippen molar-refractivity contribution < 1.29 is 35.5 Å². The van der Waals surface area contributed by atoms with Gasteiger partial charge in [-0.3, -0.25) is 16.0 Å². The highest BCUT2D eigenvalue weighted by molar-refractivity contribution is 8.13. The van der Waals surface area contributed by atoms with E-state index in [2.05, 4.69) is 0 Å². The fourth-order valence-corrected chi connectivity index (χ4v) is 0.779. The molecule has 0 unspecified atom stereocenters. The fraction of sp³-hybridized carbons (Fsp3) is 0.667. The Morgan fingerprint density at radius 1 is 1.11 bits per heavy atom. The SMILES string of the molecule is CSC(=N)NC(=O)NC(F)(F)C(F)(F)C(F)(F)F. The maximum Gasteiger partial charge on any atom is 0.462 e. The number of amidine groups is 1. The number of urea groups is 1. The monoisotopic (exact) mass is 301 g/mol. The Labute approximate surface area is 99.8 Å². The average molecular weight is 301 g/mol. The predicted octanol–water partition coefficient (Wildman–Crippen LogP) is 2.37. The van der Waals surface area contributed by atoms with E-state index in [0.29, 0.717) is 11.8 Å². The molecule has 0 saturated heterocycles. The molecule has 0 rings (SSSR count). The molecule has 2 amide bonds. The third kappa shape index (κ3) is 3.65. The van der Waals surface area contributed by atoms with Crippen LogP contribution in [0, 0.1) is 5.41 Å². The van der Waals surface area contributed by atoms with Gasteiger partial charge in [0.1, 0.15) is 0 Å². The molecule has 0 heterocycles. The molecule has 3 N–H and O–H groups in total. The van der Waals surface area contributed by atoms with E-state index in [9.17, 15) is 35.5 Å². The molecule has 0 fully saturated rings. The molecule has 0 aliphatic rings. The van der Waals surface area contributed by atoms with E-state index in [-0.39, 0.29) is 5.32 Å². The number of alkyl halides is 7. The van der Waals surface area contributed by atoms with Crippen LogP contribution in [0.25, 0.3) is 0 Å². The number of carbonyl (C=O) groups is 1. The van der Waals surface area contributed by atoms with Gasteiger partial charge < -0.3 is 0 Å². The Balaban J connectivity index is 4.86. The summed E-state index contributed by atoms with van der Waals surface area (Å²) in [5, 5.41) is 7.57. The maximum atomic E-state index is 12.6. The van der Waals surface area contributed by atoms with Crippen molar-refractivity contribution in [1.29, 1.82) is 5.41 Å². The quantitative estimate of drug-likeness (QED) is 0.317. The van der Waals surface area contributed by atoms with Gasteiger partial charge in [-0.25, -0.2) is 4.79 Å². The minimum absolute atomic E-state index is 0.161. The molecule has 106 valence electrons. The van der Waals surface area contributed by atoms with Crippen molar-refractivity contribution in [2.75, 3.05) is 6.26 Å². The Morgan fingerprint density at radius 3 is 1.89 bits per heavy atom. The Bertz CT molecular complexity index is 343. The molecule has 4 nitrogen and oxygen atoms in total. The highest BCUT2D eigenvalue weighted by atomic mass is 32.2.